The van der Waals surface area contributed by atoms with Crippen LogP contribution in [0.25, 0.3) is 0 Å². The van der Waals surface area contributed by atoms with Gasteiger partial charge in [0.25, 0.3) is 0 Å². The van der Waals surface area contributed by atoms with Crippen LogP contribution in [0, 0.1) is 0 Å². The van der Waals surface area contributed by atoms with Gasteiger partial charge < -0.3 is 59.8 Å². The third kappa shape index (κ3) is 8.26. The number of hydrogen-bond donors (Lipinski definition) is 8. The van der Waals surface area contributed by atoms with E-state index in [-0.39, 0.29) is 6.61 Å². The largest absolute Gasteiger partial charge is 0.394 e. The van der Waals surface area contributed by atoms with Crippen molar-refractivity contribution >= 4 is 0 Å². The van der Waals surface area contributed by atoms with Crippen molar-refractivity contribution in [3.05, 3.63) is 0 Å². The average molecular weight is 527 g/mol. The maximum Gasteiger partial charge on any atom is 0.224 e. The van der Waals surface area contributed by atoms with E-state index in [9.17, 15) is 40.9 Å². The molecule has 8 N–H and O–H groups in total. The van der Waals surface area contributed by atoms with Crippen molar-refractivity contribution in [2.24, 2.45) is 0 Å². The van der Waals surface area contributed by atoms with Gasteiger partial charge in [-0.3, -0.25) is 0 Å². The maximum absolute atomic E-state index is 10.6. The summed E-state index contributed by atoms with van der Waals surface area (Å²) in [6, 6.07) is 0. The molecule has 12 nitrogen and oxygen atoms in total. The minimum absolute atomic E-state index is 0.136. The number of ether oxygens (including phenoxy) is 4. The van der Waals surface area contributed by atoms with Gasteiger partial charge in [-0.25, -0.2) is 0 Å². The van der Waals surface area contributed by atoms with Crippen molar-refractivity contribution in [2.45, 2.75) is 126 Å². The molecule has 2 aliphatic heterocycles. The Bertz CT molecular complexity index is 595. The Labute approximate surface area is 212 Å². The first-order valence-corrected chi connectivity index (χ1v) is 13.1. The molecular formula is C24H46O12. The summed E-state index contributed by atoms with van der Waals surface area (Å²) in [6.45, 7) is -0.209. The lowest BCUT2D eigenvalue weighted by Crippen LogP contribution is -2.63. The highest BCUT2D eigenvalue weighted by molar-refractivity contribution is 4.98. The van der Waals surface area contributed by atoms with E-state index in [4.69, 9.17) is 18.9 Å². The number of unbranched alkanes of at least 4 members (excludes halogenated alkanes) is 7. The van der Waals surface area contributed by atoms with Crippen LogP contribution in [0.2, 0.25) is 0 Å². The Balaban J connectivity index is 1.83. The zero-order valence-electron chi connectivity index (χ0n) is 21.1. The molecule has 0 aromatic rings. The maximum atomic E-state index is 10.6. The van der Waals surface area contributed by atoms with E-state index >= 15 is 0 Å². The molecule has 0 aliphatic carbocycles. The fourth-order valence-corrected chi connectivity index (χ4v) is 4.64. The number of rotatable bonds is 17. The van der Waals surface area contributed by atoms with E-state index in [1.165, 1.54) is 32.1 Å². The minimum atomic E-state index is -2.24. The molecule has 2 aliphatic rings. The molecular weight excluding hydrogens is 480 g/mol. The van der Waals surface area contributed by atoms with Crippen LogP contribution < -0.4 is 0 Å². The van der Waals surface area contributed by atoms with Gasteiger partial charge in [-0.2, -0.15) is 0 Å². The fourth-order valence-electron chi connectivity index (χ4n) is 4.64. The Kier molecular flexibility index (Phi) is 13.9. The zero-order chi connectivity index (χ0) is 26.7. The predicted molar refractivity (Wildman–Crippen MR) is 126 cm³/mol. The normalized spacial score (nSPS) is 37.9. The Hall–Kier alpha value is -0.480. The monoisotopic (exact) mass is 526 g/mol. The molecule has 2 rings (SSSR count). The zero-order valence-corrected chi connectivity index (χ0v) is 21.1. The Morgan fingerprint density at radius 1 is 0.806 bits per heavy atom. The molecule has 2 saturated heterocycles. The lowest BCUT2D eigenvalue weighted by Gasteiger charge is -2.44. The molecule has 0 bridgehead atoms. The summed E-state index contributed by atoms with van der Waals surface area (Å²) in [4.78, 5) is 0. The Morgan fingerprint density at radius 3 is 1.97 bits per heavy atom. The Morgan fingerprint density at radius 2 is 1.42 bits per heavy atom. The van der Waals surface area contributed by atoms with Crippen molar-refractivity contribution in [2.75, 3.05) is 26.4 Å². The first-order chi connectivity index (χ1) is 17.2. The van der Waals surface area contributed by atoms with Crippen molar-refractivity contribution in [3.8, 4) is 0 Å². The quantitative estimate of drug-likeness (QED) is 0.102. The summed E-state index contributed by atoms with van der Waals surface area (Å²) in [5, 5.41) is 80.6. The SMILES string of the molecule is CCCCCCCCCCC(O)CO[C@H]1[C@H](O)[C@@H](O)[C@@H](O[C@]2(CO)O[C@H](CO)[C@@H](O)[C@@H]2O)O[C@@H]1CO. The molecule has 1 unspecified atom stereocenters. The predicted octanol–water partition coefficient (Wildman–Crippen LogP) is -1.48. The number of aliphatic hydroxyl groups is 8. The van der Waals surface area contributed by atoms with Crippen LogP contribution in [0.4, 0.5) is 0 Å². The van der Waals surface area contributed by atoms with Gasteiger partial charge in [-0.05, 0) is 6.42 Å². The average Bonchev–Trinajstić information content (AvgIpc) is 3.12. The molecule has 0 radical (unpaired) electrons. The number of aliphatic hydroxyl groups excluding tert-OH is 8. The topological polar surface area (TPSA) is 199 Å². The third-order valence-corrected chi connectivity index (χ3v) is 6.91. The standard InChI is InChI=1S/C24H46O12/c1-2-3-4-5-6-7-8-9-10-15(28)13-33-21-17(12-26)34-23(20(31)19(21)30)36-24(14-27)22(32)18(29)16(11-25)35-24/h15-23,25-32H,2-14H2,1H3/t15?,16-,17-,18-,19-,20-,21-,22+,23-,24+/m1/s1. The van der Waals surface area contributed by atoms with Crippen LogP contribution in [0.1, 0.15) is 64.7 Å². The highest BCUT2D eigenvalue weighted by Crippen LogP contribution is 2.36. The summed E-state index contributed by atoms with van der Waals surface area (Å²) in [5.74, 6) is -2.24. The van der Waals surface area contributed by atoms with E-state index in [0.29, 0.717) is 6.42 Å². The molecule has 36 heavy (non-hydrogen) atoms. The van der Waals surface area contributed by atoms with Gasteiger partial charge >= 0.3 is 0 Å². The molecule has 10 atom stereocenters. The molecule has 0 saturated carbocycles. The van der Waals surface area contributed by atoms with E-state index in [1.807, 2.05) is 0 Å². The van der Waals surface area contributed by atoms with Gasteiger partial charge in [0.2, 0.25) is 5.79 Å². The second-order valence-corrected chi connectivity index (χ2v) is 9.78. The molecule has 0 aromatic carbocycles. The van der Waals surface area contributed by atoms with Gasteiger partial charge in [0, 0.05) is 0 Å². The van der Waals surface area contributed by atoms with Gasteiger partial charge in [0.15, 0.2) is 6.29 Å². The first-order valence-electron chi connectivity index (χ1n) is 13.1. The van der Waals surface area contributed by atoms with Crippen molar-refractivity contribution in [3.63, 3.8) is 0 Å². The minimum Gasteiger partial charge on any atom is -0.394 e. The highest BCUT2D eigenvalue weighted by Gasteiger charge is 2.58. The molecule has 12 heteroatoms. The molecule has 0 amide bonds. The van der Waals surface area contributed by atoms with E-state index in [2.05, 4.69) is 6.92 Å². The van der Waals surface area contributed by atoms with Crippen molar-refractivity contribution in [1.29, 1.82) is 0 Å². The number of hydrogen-bond acceptors (Lipinski definition) is 12. The fraction of sp³-hybridized carbons (Fsp3) is 1.00. The van der Waals surface area contributed by atoms with Crippen LogP contribution >= 0.6 is 0 Å². The van der Waals surface area contributed by atoms with Gasteiger partial charge in [-0.1, -0.05) is 58.3 Å². The van der Waals surface area contributed by atoms with E-state index in [0.717, 1.165) is 19.3 Å². The van der Waals surface area contributed by atoms with E-state index in [1.54, 1.807) is 0 Å². The van der Waals surface area contributed by atoms with Crippen LogP contribution in [-0.4, -0.2) is 128 Å². The van der Waals surface area contributed by atoms with Gasteiger partial charge in [-0.15, -0.1) is 0 Å². The molecule has 214 valence electrons. The van der Waals surface area contributed by atoms with Gasteiger partial charge in [0.1, 0.15) is 49.3 Å². The summed E-state index contributed by atoms with van der Waals surface area (Å²) in [5.41, 5.74) is 0. The molecule has 2 heterocycles. The van der Waals surface area contributed by atoms with Crippen LogP contribution in [-0.2, 0) is 18.9 Å². The summed E-state index contributed by atoms with van der Waals surface area (Å²) >= 11 is 0. The van der Waals surface area contributed by atoms with Crippen LogP contribution in [0.15, 0.2) is 0 Å². The molecule has 0 spiro atoms. The third-order valence-electron chi connectivity index (χ3n) is 6.91. The second kappa shape index (κ2) is 15.8. The lowest BCUT2D eigenvalue weighted by molar-refractivity contribution is -0.386. The van der Waals surface area contributed by atoms with Crippen LogP contribution in [0.5, 0.6) is 0 Å². The van der Waals surface area contributed by atoms with Crippen molar-refractivity contribution in [1.82, 2.24) is 0 Å². The lowest BCUT2D eigenvalue weighted by atomic mass is 9.98. The van der Waals surface area contributed by atoms with Gasteiger partial charge in [0.05, 0.1) is 25.9 Å². The smallest absolute Gasteiger partial charge is 0.224 e. The van der Waals surface area contributed by atoms with Crippen LogP contribution in [0.3, 0.4) is 0 Å². The first kappa shape index (κ1) is 31.7. The van der Waals surface area contributed by atoms with Crippen molar-refractivity contribution < 1.29 is 59.8 Å². The summed E-state index contributed by atoms with van der Waals surface area (Å²) < 4.78 is 21.9. The molecule has 0 aromatic heterocycles. The highest BCUT2D eigenvalue weighted by atomic mass is 16.8. The summed E-state index contributed by atoms with van der Waals surface area (Å²) in [7, 11) is 0. The molecule has 2 fully saturated rings. The summed E-state index contributed by atoms with van der Waals surface area (Å²) in [6.07, 6.45) is -3.23. The van der Waals surface area contributed by atoms with E-state index < -0.39 is 80.7 Å². The second-order valence-electron chi connectivity index (χ2n) is 9.78.